The van der Waals surface area contributed by atoms with Crippen molar-refractivity contribution in [1.29, 1.82) is 0 Å². The van der Waals surface area contributed by atoms with E-state index in [1.807, 2.05) is 0 Å². The first-order chi connectivity index (χ1) is 4.75. The van der Waals surface area contributed by atoms with Crippen molar-refractivity contribution in [3.8, 4) is 0 Å². The van der Waals surface area contributed by atoms with Crippen LogP contribution in [-0.4, -0.2) is 4.57 Å². The van der Waals surface area contributed by atoms with Gasteiger partial charge in [0.15, 0.2) is 0 Å². The molecule has 0 aliphatic heterocycles. The standard InChI is InChI=1S/C9H15N/c1-4-6-10-7-5-8(2)9(10)3/h5,7H,4,6H2,1-3H3. The summed E-state index contributed by atoms with van der Waals surface area (Å²) in [7, 11) is 0. The average molecular weight is 137 g/mol. The van der Waals surface area contributed by atoms with Gasteiger partial charge in [0.2, 0.25) is 0 Å². The highest BCUT2D eigenvalue weighted by Gasteiger charge is 1.96. The Morgan fingerprint density at radius 1 is 1.40 bits per heavy atom. The van der Waals surface area contributed by atoms with Gasteiger partial charge in [-0.1, -0.05) is 6.92 Å². The highest BCUT2D eigenvalue weighted by Crippen LogP contribution is 2.07. The first-order valence-electron chi connectivity index (χ1n) is 3.88. The van der Waals surface area contributed by atoms with Gasteiger partial charge in [0.1, 0.15) is 0 Å². The summed E-state index contributed by atoms with van der Waals surface area (Å²) in [4.78, 5) is 0. The molecule has 0 N–H and O–H groups in total. The number of aromatic nitrogens is 1. The van der Waals surface area contributed by atoms with Crippen molar-refractivity contribution in [2.75, 3.05) is 0 Å². The molecule has 0 aliphatic rings. The summed E-state index contributed by atoms with van der Waals surface area (Å²) >= 11 is 0. The van der Waals surface area contributed by atoms with Crippen LogP contribution in [0.25, 0.3) is 0 Å². The molecule has 0 atom stereocenters. The van der Waals surface area contributed by atoms with Crippen LogP contribution in [0.2, 0.25) is 0 Å². The second kappa shape index (κ2) is 2.91. The Morgan fingerprint density at radius 2 is 2.10 bits per heavy atom. The molecule has 56 valence electrons. The molecule has 0 radical (unpaired) electrons. The lowest BCUT2D eigenvalue weighted by Gasteiger charge is -2.02. The van der Waals surface area contributed by atoms with Crippen molar-refractivity contribution in [2.45, 2.75) is 33.7 Å². The summed E-state index contributed by atoms with van der Waals surface area (Å²) in [5, 5.41) is 0. The lowest BCUT2D eigenvalue weighted by Crippen LogP contribution is -1.96. The summed E-state index contributed by atoms with van der Waals surface area (Å²) in [6, 6.07) is 2.17. The van der Waals surface area contributed by atoms with E-state index < -0.39 is 0 Å². The first-order valence-corrected chi connectivity index (χ1v) is 3.88. The second-order valence-electron chi connectivity index (χ2n) is 2.78. The Labute approximate surface area is 62.7 Å². The van der Waals surface area contributed by atoms with Crippen LogP contribution in [0.1, 0.15) is 24.6 Å². The molecule has 1 nitrogen and oxygen atoms in total. The predicted molar refractivity (Wildman–Crippen MR) is 44.2 cm³/mol. The van der Waals surface area contributed by atoms with Gasteiger partial charge in [0.25, 0.3) is 0 Å². The predicted octanol–water partition coefficient (Wildman–Crippen LogP) is 2.51. The molecule has 1 heterocycles. The van der Waals surface area contributed by atoms with Gasteiger partial charge in [0.05, 0.1) is 0 Å². The maximum Gasteiger partial charge on any atom is 0.0219 e. The third-order valence-electron chi connectivity index (χ3n) is 1.97. The molecule has 10 heavy (non-hydrogen) atoms. The van der Waals surface area contributed by atoms with Gasteiger partial charge in [-0.05, 0) is 31.9 Å². The Balaban J connectivity index is 2.83. The molecule has 0 saturated heterocycles. The van der Waals surface area contributed by atoms with Crippen molar-refractivity contribution in [3.05, 3.63) is 23.5 Å². The van der Waals surface area contributed by atoms with Crippen LogP contribution in [-0.2, 0) is 6.54 Å². The number of nitrogens with zero attached hydrogens (tertiary/aromatic N) is 1. The molecule has 0 saturated carbocycles. The fourth-order valence-electron chi connectivity index (χ4n) is 1.14. The van der Waals surface area contributed by atoms with Gasteiger partial charge < -0.3 is 4.57 Å². The van der Waals surface area contributed by atoms with Crippen LogP contribution in [0.15, 0.2) is 12.3 Å². The lowest BCUT2D eigenvalue weighted by molar-refractivity contribution is 0.664. The first kappa shape index (κ1) is 7.39. The van der Waals surface area contributed by atoms with Crippen molar-refractivity contribution < 1.29 is 0 Å². The highest BCUT2D eigenvalue weighted by molar-refractivity contribution is 5.18. The van der Waals surface area contributed by atoms with E-state index in [1.165, 1.54) is 17.7 Å². The number of rotatable bonds is 2. The van der Waals surface area contributed by atoms with Gasteiger partial charge in [-0.15, -0.1) is 0 Å². The van der Waals surface area contributed by atoms with E-state index in [1.54, 1.807) is 0 Å². The number of hydrogen-bond donors (Lipinski definition) is 0. The Kier molecular flexibility index (Phi) is 2.15. The average Bonchev–Trinajstić information content (AvgIpc) is 2.20. The molecule has 1 heteroatoms. The fraction of sp³-hybridized carbons (Fsp3) is 0.556. The van der Waals surface area contributed by atoms with Crippen molar-refractivity contribution in [2.24, 2.45) is 0 Å². The summed E-state index contributed by atoms with van der Waals surface area (Å²) < 4.78 is 2.30. The normalized spacial score (nSPS) is 10.3. The molecule has 0 unspecified atom stereocenters. The molecule has 0 aromatic carbocycles. The van der Waals surface area contributed by atoms with E-state index >= 15 is 0 Å². The number of hydrogen-bond acceptors (Lipinski definition) is 0. The van der Waals surface area contributed by atoms with Crippen molar-refractivity contribution in [3.63, 3.8) is 0 Å². The largest absolute Gasteiger partial charge is 0.351 e. The summed E-state index contributed by atoms with van der Waals surface area (Å²) in [6.07, 6.45) is 3.38. The third-order valence-corrected chi connectivity index (χ3v) is 1.97. The molecule has 1 aromatic rings. The Morgan fingerprint density at radius 3 is 2.50 bits per heavy atom. The van der Waals surface area contributed by atoms with Gasteiger partial charge in [-0.3, -0.25) is 0 Å². The van der Waals surface area contributed by atoms with Gasteiger partial charge >= 0.3 is 0 Å². The molecule has 1 rings (SSSR count). The smallest absolute Gasteiger partial charge is 0.0219 e. The minimum atomic E-state index is 1.15. The van der Waals surface area contributed by atoms with Gasteiger partial charge in [-0.2, -0.15) is 0 Å². The quantitative estimate of drug-likeness (QED) is 0.590. The van der Waals surface area contributed by atoms with E-state index in [9.17, 15) is 0 Å². The zero-order valence-electron chi connectivity index (χ0n) is 7.02. The molecule has 0 fully saturated rings. The van der Waals surface area contributed by atoms with Crippen LogP contribution in [0.3, 0.4) is 0 Å². The molecule has 0 spiro atoms. The minimum absolute atomic E-state index is 1.15. The highest BCUT2D eigenvalue weighted by atomic mass is 15.0. The summed E-state index contributed by atoms with van der Waals surface area (Å²) in [6.45, 7) is 7.68. The van der Waals surface area contributed by atoms with Crippen molar-refractivity contribution in [1.82, 2.24) is 4.57 Å². The maximum atomic E-state index is 2.30. The molecule has 0 amide bonds. The van der Waals surface area contributed by atoms with Crippen LogP contribution in [0, 0.1) is 13.8 Å². The fourth-order valence-corrected chi connectivity index (χ4v) is 1.14. The topological polar surface area (TPSA) is 4.93 Å². The summed E-state index contributed by atoms with van der Waals surface area (Å²) in [5.74, 6) is 0. The van der Waals surface area contributed by atoms with Crippen LogP contribution >= 0.6 is 0 Å². The zero-order valence-corrected chi connectivity index (χ0v) is 7.02. The molecule has 0 aliphatic carbocycles. The van der Waals surface area contributed by atoms with Gasteiger partial charge in [0, 0.05) is 18.4 Å². The van der Waals surface area contributed by atoms with Crippen LogP contribution < -0.4 is 0 Å². The number of aryl methyl sites for hydroxylation is 2. The Bertz CT molecular complexity index is 211. The lowest BCUT2D eigenvalue weighted by atomic mass is 10.3. The molecule has 0 bridgehead atoms. The molecular formula is C9H15N. The van der Waals surface area contributed by atoms with Gasteiger partial charge in [-0.25, -0.2) is 0 Å². The maximum absolute atomic E-state index is 2.30. The Hall–Kier alpha value is -0.720. The third kappa shape index (κ3) is 1.23. The SMILES string of the molecule is CCCn1ccc(C)c1C. The zero-order chi connectivity index (χ0) is 7.56. The van der Waals surface area contributed by atoms with E-state index in [0.717, 1.165) is 6.54 Å². The van der Waals surface area contributed by atoms with Crippen molar-refractivity contribution >= 4 is 0 Å². The minimum Gasteiger partial charge on any atom is -0.351 e. The molecule has 1 aromatic heterocycles. The molecular weight excluding hydrogens is 122 g/mol. The van der Waals surface area contributed by atoms with Crippen LogP contribution in [0.4, 0.5) is 0 Å². The van der Waals surface area contributed by atoms with E-state index in [4.69, 9.17) is 0 Å². The van der Waals surface area contributed by atoms with E-state index in [2.05, 4.69) is 37.6 Å². The van der Waals surface area contributed by atoms with E-state index in [0.29, 0.717) is 0 Å². The summed E-state index contributed by atoms with van der Waals surface area (Å²) in [5.41, 5.74) is 2.80. The second-order valence-corrected chi connectivity index (χ2v) is 2.78. The monoisotopic (exact) mass is 137 g/mol. The van der Waals surface area contributed by atoms with Crippen LogP contribution in [0.5, 0.6) is 0 Å². The van der Waals surface area contributed by atoms with E-state index in [-0.39, 0.29) is 0 Å².